The van der Waals surface area contributed by atoms with Gasteiger partial charge in [0, 0.05) is 18.7 Å². The van der Waals surface area contributed by atoms with Gasteiger partial charge in [0.2, 0.25) is 11.8 Å². The fourth-order valence-corrected chi connectivity index (χ4v) is 3.68. The van der Waals surface area contributed by atoms with Crippen molar-refractivity contribution in [2.45, 2.75) is 44.2 Å². The van der Waals surface area contributed by atoms with Crippen molar-refractivity contribution >= 4 is 28.8 Å². The van der Waals surface area contributed by atoms with Crippen LogP contribution >= 0.6 is 0 Å². The molecule has 2 fully saturated rings. The first kappa shape index (κ1) is 19.8. The Kier molecular flexibility index (Phi) is 5.61. The Morgan fingerprint density at radius 2 is 2.10 bits per heavy atom. The lowest BCUT2D eigenvalue weighted by Gasteiger charge is -2.21. The van der Waals surface area contributed by atoms with E-state index in [0.717, 1.165) is 12.8 Å². The van der Waals surface area contributed by atoms with E-state index in [9.17, 15) is 19.6 Å². The summed E-state index contributed by atoms with van der Waals surface area (Å²) in [4.78, 5) is 48.4. The Hall–Kier alpha value is -3.48. The molecule has 2 aliphatic rings. The van der Waals surface area contributed by atoms with Crippen molar-refractivity contribution < 1.29 is 14.4 Å². The van der Waals surface area contributed by atoms with Gasteiger partial charge in [-0.05, 0) is 31.2 Å². The molecule has 1 saturated carbocycles. The third-order valence-electron chi connectivity index (χ3n) is 5.54. The second kappa shape index (κ2) is 8.49. The number of hydrogen-bond acceptors (Lipinski definition) is 6. The molecule has 1 aliphatic carbocycles. The largest absolute Gasteiger partial charge is 0.356 e. The highest BCUT2D eigenvalue weighted by atomic mass is 16.2. The van der Waals surface area contributed by atoms with Gasteiger partial charge in [-0.1, -0.05) is 12.8 Å². The fraction of sp³-hybridized carbons (Fsp3) is 0.500. The van der Waals surface area contributed by atoms with Crippen LogP contribution in [-0.2, 0) is 9.59 Å². The molecule has 0 spiro atoms. The number of amides is 3. The van der Waals surface area contributed by atoms with Crippen molar-refractivity contribution in [3.8, 4) is 6.07 Å². The zero-order valence-corrected chi connectivity index (χ0v) is 16.4. The zero-order valence-electron chi connectivity index (χ0n) is 16.4. The van der Waals surface area contributed by atoms with E-state index >= 15 is 0 Å². The SMILES string of the molecule is N#CC(CC1CCNC1=O)NC(=O)C(CC1CC1)NC(=O)c1nc2ccncc2[nH]1. The maximum Gasteiger partial charge on any atom is 0.287 e. The zero-order chi connectivity index (χ0) is 21.1. The number of aromatic amines is 1. The van der Waals surface area contributed by atoms with Gasteiger partial charge in [0.05, 0.1) is 23.3 Å². The van der Waals surface area contributed by atoms with Crippen molar-refractivity contribution in [3.63, 3.8) is 0 Å². The first-order valence-corrected chi connectivity index (χ1v) is 10.1. The van der Waals surface area contributed by atoms with Crippen molar-refractivity contribution in [1.82, 2.24) is 30.9 Å². The summed E-state index contributed by atoms with van der Waals surface area (Å²) < 4.78 is 0. The molecule has 2 aromatic heterocycles. The van der Waals surface area contributed by atoms with E-state index in [-0.39, 0.29) is 24.1 Å². The van der Waals surface area contributed by atoms with E-state index in [2.05, 4.69) is 37.0 Å². The summed E-state index contributed by atoms with van der Waals surface area (Å²) in [7, 11) is 0. The molecule has 3 unspecified atom stereocenters. The first-order valence-electron chi connectivity index (χ1n) is 10.1. The normalized spacial score (nSPS) is 20.2. The topological polar surface area (TPSA) is 153 Å². The number of nitrogens with zero attached hydrogens (tertiary/aromatic N) is 3. The lowest BCUT2D eigenvalue weighted by atomic mass is 9.98. The Morgan fingerprint density at radius 3 is 2.77 bits per heavy atom. The summed E-state index contributed by atoms with van der Waals surface area (Å²) in [6.07, 6.45) is 6.59. The summed E-state index contributed by atoms with van der Waals surface area (Å²) in [5.41, 5.74) is 1.24. The van der Waals surface area contributed by atoms with Gasteiger partial charge >= 0.3 is 0 Å². The average Bonchev–Trinajstić information content (AvgIpc) is 3.30. The number of nitriles is 1. The standard InChI is InChI=1S/C20H23N7O3/c21-9-13(8-12-3-6-23-18(12)28)24-19(29)15(7-11-1-2-11)27-20(30)17-25-14-4-5-22-10-16(14)26-17/h4-5,10-13,15H,1-3,6-8H2,(H,23,28)(H,24,29)(H,25,26)(H,27,30). The van der Waals surface area contributed by atoms with Gasteiger partial charge in [-0.15, -0.1) is 0 Å². The second-order valence-corrected chi connectivity index (χ2v) is 7.89. The van der Waals surface area contributed by atoms with E-state index in [1.807, 2.05) is 0 Å². The highest BCUT2D eigenvalue weighted by molar-refractivity contribution is 5.97. The van der Waals surface area contributed by atoms with Crippen LogP contribution in [0.5, 0.6) is 0 Å². The Labute approximate surface area is 172 Å². The highest BCUT2D eigenvalue weighted by Crippen LogP contribution is 2.33. The Bertz CT molecular complexity index is 974. The van der Waals surface area contributed by atoms with E-state index in [1.165, 1.54) is 0 Å². The third kappa shape index (κ3) is 4.56. The molecule has 3 amide bonds. The minimum atomic E-state index is -0.790. The lowest BCUT2D eigenvalue weighted by molar-refractivity contribution is -0.125. The molecular weight excluding hydrogens is 386 g/mol. The second-order valence-electron chi connectivity index (χ2n) is 7.89. The highest BCUT2D eigenvalue weighted by Gasteiger charge is 2.33. The Balaban J connectivity index is 1.41. The summed E-state index contributed by atoms with van der Waals surface area (Å²) in [6, 6.07) is 2.18. The van der Waals surface area contributed by atoms with E-state index in [1.54, 1.807) is 18.5 Å². The molecule has 0 bridgehead atoms. The molecule has 2 aromatic rings. The van der Waals surface area contributed by atoms with E-state index in [4.69, 9.17) is 0 Å². The van der Waals surface area contributed by atoms with Gasteiger partial charge < -0.3 is 20.9 Å². The average molecular weight is 409 g/mol. The predicted octanol–water partition coefficient (Wildman–Crippen LogP) is 0.391. The summed E-state index contributed by atoms with van der Waals surface area (Å²) >= 11 is 0. The van der Waals surface area contributed by atoms with Gasteiger partial charge in [-0.25, -0.2) is 4.98 Å². The lowest BCUT2D eigenvalue weighted by Crippen LogP contribution is -2.50. The van der Waals surface area contributed by atoms with E-state index < -0.39 is 23.9 Å². The molecule has 4 N–H and O–H groups in total. The quantitative estimate of drug-likeness (QED) is 0.495. The molecular formula is C20H23N7O3. The maximum absolute atomic E-state index is 12.9. The molecule has 3 atom stereocenters. The molecule has 10 nitrogen and oxygen atoms in total. The van der Waals surface area contributed by atoms with Crippen LogP contribution in [0.1, 0.15) is 42.7 Å². The van der Waals surface area contributed by atoms with Crippen molar-refractivity contribution in [1.29, 1.82) is 5.26 Å². The van der Waals surface area contributed by atoms with Crippen LogP contribution in [0.25, 0.3) is 11.0 Å². The first-order chi connectivity index (χ1) is 14.5. The number of aromatic nitrogens is 3. The van der Waals surface area contributed by atoms with Crippen molar-refractivity contribution in [3.05, 3.63) is 24.3 Å². The number of H-pyrrole nitrogens is 1. The van der Waals surface area contributed by atoms with Crippen LogP contribution < -0.4 is 16.0 Å². The van der Waals surface area contributed by atoms with Crippen molar-refractivity contribution in [2.75, 3.05) is 6.54 Å². The van der Waals surface area contributed by atoms with Gasteiger partial charge in [-0.2, -0.15) is 5.26 Å². The van der Waals surface area contributed by atoms with Crippen LogP contribution in [0.2, 0.25) is 0 Å². The summed E-state index contributed by atoms with van der Waals surface area (Å²) in [6.45, 7) is 0.586. The van der Waals surface area contributed by atoms with Crippen molar-refractivity contribution in [2.24, 2.45) is 11.8 Å². The van der Waals surface area contributed by atoms with Crippen LogP contribution in [0.3, 0.4) is 0 Å². The fourth-order valence-electron chi connectivity index (χ4n) is 3.68. The smallest absolute Gasteiger partial charge is 0.287 e. The molecule has 10 heteroatoms. The summed E-state index contributed by atoms with van der Waals surface area (Å²) in [5.74, 6) is -0.802. The van der Waals surface area contributed by atoms with Gasteiger partial charge in [0.15, 0.2) is 5.82 Å². The van der Waals surface area contributed by atoms with Crippen LogP contribution in [0.15, 0.2) is 18.5 Å². The molecule has 1 aliphatic heterocycles. The molecule has 1 saturated heterocycles. The number of hydrogen-bond donors (Lipinski definition) is 4. The van der Waals surface area contributed by atoms with Gasteiger partial charge in [-0.3, -0.25) is 19.4 Å². The van der Waals surface area contributed by atoms with Crippen LogP contribution in [0, 0.1) is 23.2 Å². The van der Waals surface area contributed by atoms with Gasteiger partial charge in [0.1, 0.15) is 12.1 Å². The summed E-state index contributed by atoms with van der Waals surface area (Å²) in [5, 5.41) is 17.6. The molecule has 0 aromatic carbocycles. The van der Waals surface area contributed by atoms with Gasteiger partial charge in [0.25, 0.3) is 5.91 Å². The number of rotatable bonds is 8. The predicted molar refractivity (Wildman–Crippen MR) is 106 cm³/mol. The number of imidazole rings is 1. The molecule has 4 rings (SSSR count). The number of fused-ring (bicyclic) bond motifs is 1. The number of nitrogens with one attached hydrogen (secondary N) is 4. The third-order valence-corrected chi connectivity index (χ3v) is 5.54. The molecule has 30 heavy (non-hydrogen) atoms. The van der Waals surface area contributed by atoms with Crippen LogP contribution in [0.4, 0.5) is 0 Å². The van der Waals surface area contributed by atoms with Crippen LogP contribution in [-0.4, -0.2) is 51.3 Å². The number of carbonyl (C=O) groups excluding carboxylic acids is 3. The minimum absolute atomic E-state index is 0.0910. The monoisotopic (exact) mass is 409 g/mol. The Morgan fingerprint density at radius 1 is 1.27 bits per heavy atom. The van der Waals surface area contributed by atoms with E-state index in [0.29, 0.717) is 36.3 Å². The molecule has 156 valence electrons. The molecule has 0 radical (unpaired) electrons. The number of carbonyl (C=O) groups is 3. The molecule has 3 heterocycles. The maximum atomic E-state index is 12.9. The minimum Gasteiger partial charge on any atom is -0.356 e. The number of pyridine rings is 1.